The van der Waals surface area contributed by atoms with Gasteiger partial charge >= 0.3 is 12.1 Å². The summed E-state index contributed by atoms with van der Waals surface area (Å²) in [6.45, 7) is 0.424. The monoisotopic (exact) mass is 367 g/mol. The van der Waals surface area contributed by atoms with Crippen LogP contribution >= 0.6 is 15.9 Å². The van der Waals surface area contributed by atoms with Gasteiger partial charge in [0, 0.05) is 11.0 Å². The number of carbonyl (C=O) groups is 1. The average molecular weight is 368 g/mol. The Morgan fingerprint density at radius 2 is 2.19 bits per heavy atom. The van der Waals surface area contributed by atoms with E-state index in [4.69, 9.17) is 4.74 Å². The summed E-state index contributed by atoms with van der Waals surface area (Å²) in [4.78, 5) is 13.1. The second-order valence-electron chi connectivity index (χ2n) is 4.47. The van der Waals surface area contributed by atoms with Gasteiger partial charge in [-0.2, -0.15) is 13.2 Å². The van der Waals surface area contributed by atoms with Crippen molar-refractivity contribution in [3.8, 4) is 0 Å². The van der Waals surface area contributed by atoms with Crippen molar-refractivity contribution in [2.24, 2.45) is 0 Å². The topological polar surface area (TPSA) is 38.8 Å². The number of ether oxygens (including phenoxy) is 2. The minimum absolute atomic E-state index is 0.00349. The number of benzene rings is 1. The molecule has 0 saturated carbocycles. The van der Waals surface area contributed by atoms with Gasteiger partial charge in [0.15, 0.2) is 6.04 Å². The van der Waals surface area contributed by atoms with Crippen molar-refractivity contribution in [3.63, 3.8) is 0 Å². The molecule has 1 saturated heterocycles. The van der Waals surface area contributed by atoms with Crippen LogP contribution in [0.25, 0.3) is 0 Å². The number of methoxy groups -OCH3 is 1. The smallest absolute Gasteiger partial charge is 0.418 e. The zero-order valence-corrected chi connectivity index (χ0v) is 12.7. The first kappa shape index (κ1) is 16.1. The van der Waals surface area contributed by atoms with E-state index in [2.05, 4.69) is 20.7 Å². The van der Waals surface area contributed by atoms with Crippen LogP contribution in [-0.2, 0) is 20.4 Å². The van der Waals surface area contributed by atoms with E-state index >= 15 is 0 Å². The molecule has 116 valence electrons. The van der Waals surface area contributed by atoms with Gasteiger partial charge < -0.3 is 14.4 Å². The number of rotatable bonds is 2. The second kappa shape index (κ2) is 6.23. The number of carbonyl (C=O) groups excluding carboxylic acids is 1. The summed E-state index contributed by atoms with van der Waals surface area (Å²) < 4.78 is 49.8. The van der Waals surface area contributed by atoms with Crippen LogP contribution in [0.4, 0.5) is 18.9 Å². The second-order valence-corrected chi connectivity index (χ2v) is 5.38. The number of alkyl halides is 3. The van der Waals surface area contributed by atoms with Gasteiger partial charge in [-0.25, -0.2) is 4.79 Å². The van der Waals surface area contributed by atoms with Crippen LogP contribution < -0.4 is 4.90 Å². The molecule has 0 aromatic heterocycles. The third-order valence-electron chi connectivity index (χ3n) is 3.18. The Morgan fingerprint density at radius 3 is 2.81 bits per heavy atom. The van der Waals surface area contributed by atoms with Gasteiger partial charge in [-0.05, 0) is 18.2 Å². The molecule has 1 unspecified atom stereocenters. The molecule has 1 aliphatic heterocycles. The van der Waals surface area contributed by atoms with Crippen LogP contribution in [0.2, 0.25) is 0 Å². The Bertz CT molecular complexity index is 536. The third-order valence-corrected chi connectivity index (χ3v) is 3.67. The summed E-state index contributed by atoms with van der Waals surface area (Å²) in [5.41, 5.74) is -0.850. The van der Waals surface area contributed by atoms with E-state index in [9.17, 15) is 18.0 Å². The summed E-state index contributed by atoms with van der Waals surface area (Å²) >= 11 is 3.16. The SMILES string of the molecule is COC(=O)C1COCCN1c1cc(Br)ccc1C(F)(F)F. The molecule has 1 atom stereocenters. The summed E-state index contributed by atoms with van der Waals surface area (Å²) in [6.07, 6.45) is -4.50. The Labute approximate surface area is 127 Å². The van der Waals surface area contributed by atoms with Gasteiger partial charge in [0.05, 0.1) is 31.6 Å². The molecule has 0 bridgehead atoms. The largest absolute Gasteiger partial charge is 0.467 e. The van der Waals surface area contributed by atoms with E-state index in [0.717, 1.165) is 6.07 Å². The van der Waals surface area contributed by atoms with Gasteiger partial charge in [-0.3, -0.25) is 0 Å². The number of morpholine rings is 1. The normalized spacial score (nSPS) is 19.5. The van der Waals surface area contributed by atoms with Crippen LogP contribution in [0.1, 0.15) is 5.56 Å². The standard InChI is InChI=1S/C13H13BrF3NO3/c1-20-12(19)11-7-21-5-4-18(11)10-6-8(14)2-3-9(10)13(15,16)17/h2-3,6,11H,4-5,7H2,1H3. The van der Waals surface area contributed by atoms with Crippen molar-refractivity contribution in [3.05, 3.63) is 28.2 Å². The highest BCUT2D eigenvalue weighted by Crippen LogP contribution is 2.39. The Balaban J connectivity index is 2.47. The Morgan fingerprint density at radius 1 is 1.48 bits per heavy atom. The number of hydrogen-bond donors (Lipinski definition) is 0. The maximum atomic E-state index is 13.2. The molecule has 1 aromatic carbocycles. The summed E-state index contributed by atoms with van der Waals surface area (Å²) in [5, 5.41) is 0. The van der Waals surface area contributed by atoms with Crippen LogP contribution in [0.3, 0.4) is 0 Å². The summed E-state index contributed by atoms with van der Waals surface area (Å²) in [6, 6.07) is 2.77. The Hall–Kier alpha value is -1.28. The molecule has 0 radical (unpaired) electrons. The fraction of sp³-hybridized carbons (Fsp3) is 0.462. The zero-order chi connectivity index (χ0) is 15.6. The lowest BCUT2D eigenvalue weighted by Gasteiger charge is -2.36. The van der Waals surface area contributed by atoms with E-state index < -0.39 is 23.8 Å². The number of esters is 1. The lowest BCUT2D eigenvalue weighted by atomic mass is 10.1. The van der Waals surface area contributed by atoms with E-state index in [0.29, 0.717) is 4.47 Å². The van der Waals surface area contributed by atoms with Crippen LogP contribution in [0.5, 0.6) is 0 Å². The molecule has 2 rings (SSSR count). The number of nitrogens with zero attached hydrogens (tertiary/aromatic N) is 1. The molecule has 0 amide bonds. The summed E-state index contributed by atoms with van der Waals surface area (Å²) in [7, 11) is 1.20. The maximum absolute atomic E-state index is 13.2. The molecule has 8 heteroatoms. The van der Waals surface area contributed by atoms with Crippen molar-refractivity contribution in [2.75, 3.05) is 31.8 Å². The molecule has 4 nitrogen and oxygen atoms in total. The lowest BCUT2D eigenvalue weighted by molar-refractivity contribution is -0.145. The first-order valence-electron chi connectivity index (χ1n) is 6.13. The highest BCUT2D eigenvalue weighted by atomic mass is 79.9. The van der Waals surface area contributed by atoms with Gasteiger partial charge in [0.1, 0.15) is 0 Å². The van der Waals surface area contributed by atoms with Crippen LogP contribution in [0.15, 0.2) is 22.7 Å². The van der Waals surface area contributed by atoms with E-state index in [1.807, 2.05) is 0 Å². The molecular formula is C13H13BrF3NO3. The fourth-order valence-corrected chi connectivity index (χ4v) is 2.55. The molecule has 0 aliphatic carbocycles. The molecular weight excluding hydrogens is 355 g/mol. The van der Waals surface area contributed by atoms with Crippen LogP contribution in [-0.4, -0.2) is 38.9 Å². The molecule has 0 N–H and O–H groups in total. The predicted octanol–water partition coefficient (Wildman–Crippen LogP) is 2.85. The third kappa shape index (κ3) is 3.49. The van der Waals surface area contributed by atoms with Crippen LogP contribution in [0, 0.1) is 0 Å². The number of anilines is 1. The van der Waals surface area contributed by atoms with Crippen molar-refractivity contribution >= 4 is 27.6 Å². The highest BCUT2D eigenvalue weighted by Gasteiger charge is 2.39. The molecule has 1 aromatic rings. The first-order valence-corrected chi connectivity index (χ1v) is 6.93. The molecule has 1 aliphatic rings. The van der Waals surface area contributed by atoms with Gasteiger partial charge in [0.2, 0.25) is 0 Å². The fourth-order valence-electron chi connectivity index (χ4n) is 2.21. The van der Waals surface area contributed by atoms with E-state index in [1.165, 1.54) is 24.1 Å². The van der Waals surface area contributed by atoms with Gasteiger partial charge in [0.25, 0.3) is 0 Å². The van der Waals surface area contributed by atoms with Crippen molar-refractivity contribution in [1.82, 2.24) is 0 Å². The van der Waals surface area contributed by atoms with Gasteiger partial charge in [-0.15, -0.1) is 0 Å². The minimum Gasteiger partial charge on any atom is -0.467 e. The van der Waals surface area contributed by atoms with Crippen molar-refractivity contribution < 1.29 is 27.4 Å². The predicted molar refractivity (Wildman–Crippen MR) is 73.1 cm³/mol. The molecule has 1 heterocycles. The number of halogens is 4. The minimum atomic E-state index is -4.50. The average Bonchev–Trinajstić information content (AvgIpc) is 2.45. The molecule has 21 heavy (non-hydrogen) atoms. The van der Waals surface area contributed by atoms with Gasteiger partial charge in [-0.1, -0.05) is 15.9 Å². The lowest BCUT2D eigenvalue weighted by Crippen LogP contribution is -2.51. The summed E-state index contributed by atoms with van der Waals surface area (Å²) in [5.74, 6) is -0.622. The van der Waals surface area contributed by atoms with Crippen molar-refractivity contribution in [2.45, 2.75) is 12.2 Å². The highest BCUT2D eigenvalue weighted by molar-refractivity contribution is 9.10. The first-order chi connectivity index (χ1) is 9.84. The quantitative estimate of drug-likeness (QED) is 0.753. The Kier molecular flexibility index (Phi) is 4.77. The van der Waals surface area contributed by atoms with Crippen molar-refractivity contribution in [1.29, 1.82) is 0 Å². The molecule has 0 spiro atoms. The maximum Gasteiger partial charge on any atom is 0.418 e. The molecule has 1 fully saturated rings. The number of hydrogen-bond acceptors (Lipinski definition) is 4. The van der Waals surface area contributed by atoms with E-state index in [1.54, 1.807) is 0 Å². The zero-order valence-electron chi connectivity index (χ0n) is 11.1. The van der Waals surface area contributed by atoms with E-state index in [-0.39, 0.29) is 25.4 Å².